The van der Waals surface area contributed by atoms with Crippen molar-refractivity contribution < 1.29 is 0 Å². The molecule has 0 unspecified atom stereocenters. The lowest BCUT2D eigenvalue weighted by molar-refractivity contribution is 1.18. The quantitative estimate of drug-likeness (QED) is 0.229. The molecule has 7 aromatic rings. The molecule has 0 bridgehead atoms. The molecular weight excluding hydrogens is 458 g/mol. The fourth-order valence-electron chi connectivity index (χ4n) is 5.52. The Bertz CT molecular complexity index is 1800. The Labute approximate surface area is 223 Å². The molecule has 0 aliphatic rings. The van der Waals surface area contributed by atoms with Gasteiger partial charge in [-0.05, 0) is 64.1 Å². The SMILES string of the molecule is c1ccc(-c2ccc(Cc3ccc(-c4cccc(-n5c6ccccc6c6ccccc65)c4)cc3)cc2)cc1. The third-order valence-electron chi connectivity index (χ3n) is 7.44. The van der Waals surface area contributed by atoms with Gasteiger partial charge in [0.2, 0.25) is 0 Å². The van der Waals surface area contributed by atoms with Crippen LogP contribution in [0.25, 0.3) is 49.7 Å². The Morgan fingerprint density at radius 3 is 1.45 bits per heavy atom. The second-order valence-corrected chi connectivity index (χ2v) is 9.86. The summed E-state index contributed by atoms with van der Waals surface area (Å²) in [5, 5.41) is 2.57. The van der Waals surface area contributed by atoms with E-state index in [2.05, 4.69) is 156 Å². The van der Waals surface area contributed by atoms with Crippen molar-refractivity contribution in [2.45, 2.75) is 6.42 Å². The summed E-state index contributed by atoms with van der Waals surface area (Å²) in [4.78, 5) is 0. The van der Waals surface area contributed by atoms with Gasteiger partial charge in [-0.15, -0.1) is 0 Å². The van der Waals surface area contributed by atoms with Crippen LogP contribution >= 0.6 is 0 Å². The monoisotopic (exact) mass is 485 g/mol. The van der Waals surface area contributed by atoms with Gasteiger partial charge in [-0.25, -0.2) is 0 Å². The number of rotatable bonds is 5. The summed E-state index contributed by atoms with van der Waals surface area (Å²) in [6.07, 6.45) is 0.927. The molecule has 0 saturated carbocycles. The average Bonchev–Trinajstić information content (AvgIpc) is 3.33. The fourth-order valence-corrected chi connectivity index (χ4v) is 5.52. The first-order valence-electron chi connectivity index (χ1n) is 13.2. The lowest BCUT2D eigenvalue weighted by atomic mass is 9.98. The van der Waals surface area contributed by atoms with Gasteiger partial charge < -0.3 is 4.57 Å². The van der Waals surface area contributed by atoms with Gasteiger partial charge in [-0.1, -0.05) is 127 Å². The number of hydrogen-bond acceptors (Lipinski definition) is 0. The van der Waals surface area contributed by atoms with E-state index in [4.69, 9.17) is 0 Å². The number of para-hydroxylation sites is 2. The zero-order chi connectivity index (χ0) is 25.3. The van der Waals surface area contributed by atoms with Crippen molar-refractivity contribution in [2.75, 3.05) is 0 Å². The van der Waals surface area contributed by atoms with Crippen molar-refractivity contribution in [3.05, 3.63) is 163 Å². The molecule has 0 aliphatic carbocycles. The summed E-state index contributed by atoms with van der Waals surface area (Å²) in [5.41, 5.74) is 11.3. The molecule has 7 rings (SSSR count). The molecule has 1 aromatic heterocycles. The predicted molar refractivity (Wildman–Crippen MR) is 161 cm³/mol. The summed E-state index contributed by atoms with van der Waals surface area (Å²) in [7, 11) is 0. The van der Waals surface area contributed by atoms with Gasteiger partial charge >= 0.3 is 0 Å². The summed E-state index contributed by atoms with van der Waals surface area (Å²) in [6, 6.07) is 54.7. The summed E-state index contributed by atoms with van der Waals surface area (Å²) < 4.78 is 2.38. The average molecular weight is 486 g/mol. The first-order chi connectivity index (χ1) is 18.8. The molecule has 38 heavy (non-hydrogen) atoms. The third-order valence-corrected chi connectivity index (χ3v) is 7.44. The van der Waals surface area contributed by atoms with Gasteiger partial charge in [-0.3, -0.25) is 0 Å². The highest BCUT2D eigenvalue weighted by Crippen LogP contribution is 2.33. The van der Waals surface area contributed by atoms with Crippen molar-refractivity contribution >= 4 is 21.8 Å². The number of aromatic nitrogens is 1. The first kappa shape index (κ1) is 22.3. The molecule has 0 radical (unpaired) electrons. The van der Waals surface area contributed by atoms with Crippen LogP contribution in [0.4, 0.5) is 0 Å². The first-order valence-corrected chi connectivity index (χ1v) is 13.2. The number of fused-ring (bicyclic) bond motifs is 3. The molecular formula is C37H27N. The summed E-state index contributed by atoms with van der Waals surface area (Å²) >= 11 is 0. The second kappa shape index (κ2) is 9.53. The van der Waals surface area contributed by atoms with Crippen molar-refractivity contribution in [3.63, 3.8) is 0 Å². The number of hydrogen-bond donors (Lipinski definition) is 0. The van der Waals surface area contributed by atoms with E-state index >= 15 is 0 Å². The van der Waals surface area contributed by atoms with Crippen LogP contribution in [-0.4, -0.2) is 4.57 Å². The van der Waals surface area contributed by atoms with Crippen LogP contribution in [0.1, 0.15) is 11.1 Å². The highest BCUT2D eigenvalue weighted by atomic mass is 15.0. The highest BCUT2D eigenvalue weighted by molar-refractivity contribution is 6.09. The predicted octanol–water partition coefficient (Wildman–Crippen LogP) is 9.71. The minimum absolute atomic E-state index is 0.927. The van der Waals surface area contributed by atoms with Gasteiger partial charge in [0.1, 0.15) is 0 Å². The van der Waals surface area contributed by atoms with Gasteiger partial charge in [0.05, 0.1) is 11.0 Å². The Balaban J connectivity index is 1.17. The van der Waals surface area contributed by atoms with Crippen molar-refractivity contribution in [1.29, 1.82) is 0 Å². The molecule has 180 valence electrons. The van der Waals surface area contributed by atoms with Gasteiger partial charge in [0.25, 0.3) is 0 Å². The Hall–Kier alpha value is -4.88. The van der Waals surface area contributed by atoms with Crippen LogP contribution < -0.4 is 0 Å². The Kier molecular flexibility index (Phi) is 5.60. The van der Waals surface area contributed by atoms with Gasteiger partial charge in [0, 0.05) is 16.5 Å². The maximum atomic E-state index is 2.38. The van der Waals surface area contributed by atoms with Crippen LogP contribution in [0.15, 0.2) is 152 Å². The largest absolute Gasteiger partial charge is 0.309 e. The molecule has 1 heterocycles. The van der Waals surface area contributed by atoms with E-state index < -0.39 is 0 Å². The Morgan fingerprint density at radius 1 is 0.368 bits per heavy atom. The zero-order valence-electron chi connectivity index (χ0n) is 21.1. The topological polar surface area (TPSA) is 4.93 Å². The minimum atomic E-state index is 0.927. The van der Waals surface area contributed by atoms with Crippen LogP contribution in [0, 0.1) is 0 Å². The standard InChI is InChI=1S/C37H27N/c1-2-9-29(10-3-1)30-21-17-27(18-22-30)25-28-19-23-31(24-20-28)32-11-8-12-33(26-32)38-36-15-6-4-13-34(36)35-14-5-7-16-37(35)38/h1-24,26H,25H2. The summed E-state index contributed by atoms with van der Waals surface area (Å²) in [5.74, 6) is 0. The third kappa shape index (κ3) is 4.09. The van der Waals surface area contributed by atoms with Crippen molar-refractivity contribution in [1.82, 2.24) is 4.57 Å². The lowest BCUT2D eigenvalue weighted by Crippen LogP contribution is -1.94. The van der Waals surface area contributed by atoms with E-state index in [0.717, 1.165) is 6.42 Å². The molecule has 0 aliphatic heterocycles. The van der Waals surface area contributed by atoms with E-state index in [0.29, 0.717) is 0 Å². The minimum Gasteiger partial charge on any atom is -0.309 e. The highest BCUT2D eigenvalue weighted by Gasteiger charge is 2.12. The fraction of sp³-hybridized carbons (Fsp3) is 0.0270. The summed E-state index contributed by atoms with van der Waals surface area (Å²) in [6.45, 7) is 0. The Morgan fingerprint density at radius 2 is 0.842 bits per heavy atom. The van der Waals surface area contributed by atoms with Crippen LogP contribution in [-0.2, 0) is 6.42 Å². The normalized spacial score (nSPS) is 11.3. The molecule has 0 fully saturated rings. The van der Waals surface area contributed by atoms with E-state index in [9.17, 15) is 0 Å². The molecule has 6 aromatic carbocycles. The number of nitrogens with zero attached hydrogens (tertiary/aromatic N) is 1. The molecule has 0 N–H and O–H groups in total. The maximum absolute atomic E-state index is 2.38. The van der Waals surface area contributed by atoms with Crippen LogP contribution in [0.5, 0.6) is 0 Å². The van der Waals surface area contributed by atoms with Crippen molar-refractivity contribution in [2.24, 2.45) is 0 Å². The van der Waals surface area contributed by atoms with E-state index in [1.807, 2.05) is 0 Å². The zero-order valence-corrected chi connectivity index (χ0v) is 21.1. The van der Waals surface area contributed by atoms with Gasteiger partial charge in [0.15, 0.2) is 0 Å². The van der Waals surface area contributed by atoms with Crippen LogP contribution in [0.2, 0.25) is 0 Å². The molecule has 0 amide bonds. The molecule has 0 saturated heterocycles. The van der Waals surface area contributed by atoms with Crippen LogP contribution in [0.3, 0.4) is 0 Å². The van der Waals surface area contributed by atoms with E-state index in [1.165, 1.54) is 60.9 Å². The lowest BCUT2D eigenvalue weighted by Gasteiger charge is -2.11. The second-order valence-electron chi connectivity index (χ2n) is 9.86. The smallest absolute Gasteiger partial charge is 0.0541 e. The van der Waals surface area contributed by atoms with E-state index in [-0.39, 0.29) is 0 Å². The molecule has 0 atom stereocenters. The van der Waals surface area contributed by atoms with Gasteiger partial charge in [-0.2, -0.15) is 0 Å². The maximum Gasteiger partial charge on any atom is 0.0541 e. The molecule has 0 spiro atoms. The van der Waals surface area contributed by atoms with E-state index in [1.54, 1.807) is 0 Å². The van der Waals surface area contributed by atoms with Crippen molar-refractivity contribution in [3.8, 4) is 27.9 Å². The molecule has 1 heteroatoms. The molecule has 1 nitrogen and oxygen atoms in total. The number of benzene rings is 6.